The largest absolute Gasteiger partial charge is 0.272 e. The highest BCUT2D eigenvalue weighted by atomic mass is 32.2. The number of carbonyl (C=O) groups is 1. The molecular formula is C15H16N2OS. The van der Waals surface area contributed by atoms with Crippen molar-refractivity contribution >= 4 is 28.5 Å². The monoisotopic (exact) mass is 272 g/mol. The first-order chi connectivity index (χ1) is 9.33. The number of nitrogens with zero attached hydrogens (tertiary/aromatic N) is 2. The summed E-state index contributed by atoms with van der Waals surface area (Å²) in [6.45, 7) is 0. The summed E-state index contributed by atoms with van der Waals surface area (Å²) >= 11 is 1.55. The maximum Gasteiger partial charge on any atom is 0.256 e. The van der Waals surface area contributed by atoms with Gasteiger partial charge >= 0.3 is 0 Å². The van der Waals surface area contributed by atoms with Gasteiger partial charge in [0.05, 0.1) is 5.92 Å². The van der Waals surface area contributed by atoms with Crippen LogP contribution < -0.4 is 0 Å². The van der Waals surface area contributed by atoms with Crippen LogP contribution in [-0.2, 0) is 10.5 Å². The number of hydrogen-bond donors (Lipinski definition) is 0. The number of carbonyl (C=O) groups excluding carboxylic acids is 1. The standard InChI is InChI=1S/C15H16N2OS/c18-14-12-8-4-5-9-13(12)16-15(17-14)19-10-11-6-2-1-3-7-11/h1-3,6-7,12H,4-5,8-10H2. The van der Waals surface area contributed by atoms with Gasteiger partial charge in [-0.05, 0) is 24.8 Å². The van der Waals surface area contributed by atoms with E-state index in [0.717, 1.165) is 37.1 Å². The van der Waals surface area contributed by atoms with Crippen molar-refractivity contribution < 1.29 is 4.79 Å². The molecule has 0 saturated heterocycles. The molecule has 0 radical (unpaired) electrons. The van der Waals surface area contributed by atoms with Crippen molar-refractivity contribution in [2.24, 2.45) is 15.9 Å². The maximum atomic E-state index is 12.0. The zero-order valence-corrected chi connectivity index (χ0v) is 11.5. The van der Waals surface area contributed by atoms with E-state index in [1.807, 2.05) is 18.2 Å². The molecule has 0 spiro atoms. The fraction of sp³-hybridized carbons (Fsp3) is 0.400. The molecule has 19 heavy (non-hydrogen) atoms. The van der Waals surface area contributed by atoms with Gasteiger partial charge in [0.1, 0.15) is 0 Å². The third kappa shape index (κ3) is 2.95. The number of amidine groups is 1. The topological polar surface area (TPSA) is 41.8 Å². The summed E-state index contributed by atoms with van der Waals surface area (Å²) in [5.41, 5.74) is 2.29. The Labute approximate surface area is 117 Å². The van der Waals surface area contributed by atoms with Gasteiger partial charge in [0.2, 0.25) is 0 Å². The molecule has 0 bridgehead atoms. The number of aliphatic imine (C=N–C) groups is 2. The highest BCUT2D eigenvalue weighted by molar-refractivity contribution is 8.13. The minimum atomic E-state index is -0.0187. The van der Waals surface area contributed by atoms with Crippen LogP contribution in [0.3, 0.4) is 0 Å². The molecule has 1 aliphatic heterocycles. The second-order valence-corrected chi connectivity index (χ2v) is 5.85. The van der Waals surface area contributed by atoms with Crippen LogP contribution in [0.1, 0.15) is 31.2 Å². The second-order valence-electron chi connectivity index (χ2n) is 4.91. The lowest BCUT2D eigenvalue weighted by Crippen LogP contribution is -2.30. The normalized spacial score (nSPS) is 22.5. The van der Waals surface area contributed by atoms with Crippen molar-refractivity contribution in [1.82, 2.24) is 0 Å². The van der Waals surface area contributed by atoms with Crippen molar-refractivity contribution in [1.29, 1.82) is 0 Å². The summed E-state index contributed by atoms with van der Waals surface area (Å²) < 4.78 is 0. The van der Waals surface area contributed by atoms with Crippen molar-refractivity contribution in [3.63, 3.8) is 0 Å². The predicted molar refractivity (Wildman–Crippen MR) is 79.6 cm³/mol. The molecule has 1 fully saturated rings. The quantitative estimate of drug-likeness (QED) is 0.827. The van der Waals surface area contributed by atoms with Gasteiger partial charge in [0.25, 0.3) is 5.91 Å². The van der Waals surface area contributed by atoms with Crippen LogP contribution in [0.4, 0.5) is 0 Å². The highest BCUT2D eigenvalue weighted by Gasteiger charge is 2.30. The SMILES string of the molecule is O=C1N=C(SCc2ccccc2)N=C2CCCCC12. The lowest BCUT2D eigenvalue weighted by Gasteiger charge is -2.24. The molecule has 1 aliphatic carbocycles. The number of rotatable bonds is 2. The summed E-state index contributed by atoms with van der Waals surface area (Å²) in [6.07, 6.45) is 4.16. The van der Waals surface area contributed by atoms with E-state index in [-0.39, 0.29) is 11.8 Å². The number of thioether (sulfide) groups is 1. The molecule has 2 aliphatic rings. The summed E-state index contributed by atoms with van der Waals surface area (Å²) in [5, 5.41) is 0.641. The van der Waals surface area contributed by atoms with Crippen molar-refractivity contribution in [2.75, 3.05) is 0 Å². The summed E-state index contributed by atoms with van der Waals surface area (Å²) in [4.78, 5) is 20.7. The molecule has 0 N–H and O–H groups in total. The number of fused-ring (bicyclic) bond motifs is 1. The Morgan fingerprint density at radius 3 is 2.84 bits per heavy atom. The minimum absolute atomic E-state index is 0.0141. The Hall–Kier alpha value is -1.42. The Morgan fingerprint density at radius 1 is 1.16 bits per heavy atom. The van der Waals surface area contributed by atoms with Crippen LogP contribution in [0.2, 0.25) is 0 Å². The Balaban J connectivity index is 1.68. The van der Waals surface area contributed by atoms with Crippen LogP contribution >= 0.6 is 11.8 Å². The highest BCUT2D eigenvalue weighted by Crippen LogP contribution is 2.28. The second kappa shape index (κ2) is 5.70. The van der Waals surface area contributed by atoms with E-state index in [9.17, 15) is 4.79 Å². The van der Waals surface area contributed by atoms with Gasteiger partial charge < -0.3 is 0 Å². The molecule has 0 aromatic heterocycles. The molecule has 98 valence electrons. The van der Waals surface area contributed by atoms with Gasteiger partial charge in [-0.1, -0.05) is 48.5 Å². The van der Waals surface area contributed by atoms with Crippen LogP contribution in [0.5, 0.6) is 0 Å². The van der Waals surface area contributed by atoms with Gasteiger partial charge in [0.15, 0.2) is 5.17 Å². The molecule has 1 heterocycles. The zero-order valence-electron chi connectivity index (χ0n) is 10.7. The fourth-order valence-electron chi connectivity index (χ4n) is 2.50. The number of amides is 1. The van der Waals surface area contributed by atoms with E-state index in [1.54, 1.807) is 11.8 Å². The maximum absolute atomic E-state index is 12.0. The van der Waals surface area contributed by atoms with Crippen molar-refractivity contribution in [3.8, 4) is 0 Å². The molecular weight excluding hydrogens is 256 g/mol. The third-order valence-electron chi connectivity index (χ3n) is 3.53. The van der Waals surface area contributed by atoms with Crippen molar-refractivity contribution in [3.05, 3.63) is 35.9 Å². The lowest BCUT2D eigenvalue weighted by molar-refractivity contribution is -0.120. The van der Waals surface area contributed by atoms with Gasteiger partial charge in [-0.25, -0.2) is 4.99 Å². The smallest absolute Gasteiger partial charge is 0.256 e. The molecule has 1 atom stereocenters. The van der Waals surface area contributed by atoms with Gasteiger partial charge in [-0.2, -0.15) is 4.99 Å². The van der Waals surface area contributed by atoms with Crippen molar-refractivity contribution in [2.45, 2.75) is 31.4 Å². The first-order valence-corrected chi connectivity index (χ1v) is 7.68. The molecule has 1 aromatic carbocycles. The number of hydrogen-bond acceptors (Lipinski definition) is 3. The zero-order chi connectivity index (χ0) is 13.1. The van der Waals surface area contributed by atoms with E-state index in [1.165, 1.54) is 5.56 Å². The summed E-state index contributed by atoms with van der Waals surface area (Å²) in [5.74, 6) is 0.809. The van der Waals surface area contributed by atoms with E-state index >= 15 is 0 Å². The van der Waals surface area contributed by atoms with E-state index in [2.05, 4.69) is 22.1 Å². The predicted octanol–water partition coefficient (Wildman–Crippen LogP) is 3.45. The van der Waals surface area contributed by atoms with Crippen LogP contribution in [0, 0.1) is 5.92 Å². The molecule has 1 amide bonds. The molecule has 1 aromatic rings. The van der Waals surface area contributed by atoms with E-state index < -0.39 is 0 Å². The fourth-order valence-corrected chi connectivity index (χ4v) is 3.33. The minimum Gasteiger partial charge on any atom is -0.272 e. The average molecular weight is 272 g/mol. The van der Waals surface area contributed by atoms with Crippen LogP contribution in [0.25, 0.3) is 0 Å². The molecule has 1 saturated carbocycles. The Kier molecular flexibility index (Phi) is 3.78. The third-order valence-corrected chi connectivity index (χ3v) is 4.45. The summed E-state index contributed by atoms with van der Waals surface area (Å²) in [6, 6.07) is 10.2. The van der Waals surface area contributed by atoms with Gasteiger partial charge in [-0.3, -0.25) is 4.79 Å². The average Bonchev–Trinajstić information content (AvgIpc) is 2.46. The first kappa shape index (κ1) is 12.6. The van der Waals surface area contributed by atoms with Crippen LogP contribution in [-0.4, -0.2) is 16.8 Å². The van der Waals surface area contributed by atoms with Crippen LogP contribution in [0.15, 0.2) is 40.3 Å². The van der Waals surface area contributed by atoms with Gasteiger partial charge in [-0.15, -0.1) is 0 Å². The first-order valence-electron chi connectivity index (χ1n) is 6.69. The molecule has 4 heteroatoms. The molecule has 3 rings (SSSR count). The molecule has 3 nitrogen and oxygen atoms in total. The lowest BCUT2D eigenvalue weighted by atomic mass is 9.86. The Bertz CT molecular complexity index is 536. The molecule has 1 unspecified atom stereocenters. The van der Waals surface area contributed by atoms with E-state index in [4.69, 9.17) is 0 Å². The number of benzene rings is 1. The Morgan fingerprint density at radius 2 is 2.00 bits per heavy atom. The van der Waals surface area contributed by atoms with Gasteiger partial charge in [0, 0.05) is 11.5 Å². The summed E-state index contributed by atoms with van der Waals surface area (Å²) in [7, 11) is 0. The van der Waals surface area contributed by atoms with E-state index in [0.29, 0.717) is 5.17 Å².